The molecule has 0 atom stereocenters. The SMILES string of the molecule is Cc1cc(N(C)C)nc(NCCNS(=O)(=O)Cc2ccc(C(F)(F)F)cc2)n1. The van der Waals surface area contributed by atoms with Crippen LogP contribution in [-0.2, 0) is 22.0 Å². The number of alkyl halides is 3. The number of hydrogen-bond acceptors (Lipinski definition) is 6. The number of hydrogen-bond donors (Lipinski definition) is 2. The molecule has 154 valence electrons. The van der Waals surface area contributed by atoms with Gasteiger partial charge in [0.25, 0.3) is 0 Å². The van der Waals surface area contributed by atoms with Crippen LogP contribution in [0, 0.1) is 6.92 Å². The Morgan fingerprint density at radius 2 is 1.71 bits per heavy atom. The lowest BCUT2D eigenvalue weighted by molar-refractivity contribution is -0.137. The van der Waals surface area contributed by atoms with Gasteiger partial charge in [-0.2, -0.15) is 18.2 Å². The van der Waals surface area contributed by atoms with Crippen LogP contribution < -0.4 is 14.9 Å². The van der Waals surface area contributed by atoms with E-state index in [1.165, 1.54) is 0 Å². The maximum atomic E-state index is 12.5. The second-order valence-corrected chi connectivity index (χ2v) is 8.17. The van der Waals surface area contributed by atoms with Gasteiger partial charge in [-0.05, 0) is 24.6 Å². The van der Waals surface area contributed by atoms with Gasteiger partial charge in [0.2, 0.25) is 16.0 Å². The summed E-state index contributed by atoms with van der Waals surface area (Å²) in [5.41, 5.74) is 0.219. The van der Waals surface area contributed by atoms with Gasteiger partial charge in [-0.25, -0.2) is 18.1 Å². The van der Waals surface area contributed by atoms with Gasteiger partial charge < -0.3 is 10.2 Å². The number of anilines is 2. The van der Waals surface area contributed by atoms with Crippen molar-refractivity contribution in [3.8, 4) is 0 Å². The fraction of sp³-hybridized carbons (Fsp3) is 0.412. The lowest BCUT2D eigenvalue weighted by Crippen LogP contribution is -2.30. The first-order valence-corrected chi connectivity index (χ1v) is 10.0. The van der Waals surface area contributed by atoms with Crippen molar-refractivity contribution in [3.63, 3.8) is 0 Å². The first-order valence-electron chi connectivity index (χ1n) is 8.36. The van der Waals surface area contributed by atoms with Gasteiger partial charge >= 0.3 is 6.18 Å². The molecule has 11 heteroatoms. The Morgan fingerprint density at radius 3 is 2.29 bits per heavy atom. The minimum atomic E-state index is -4.45. The van der Waals surface area contributed by atoms with Gasteiger partial charge in [-0.1, -0.05) is 12.1 Å². The van der Waals surface area contributed by atoms with E-state index in [0.717, 1.165) is 35.8 Å². The van der Waals surface area contributed by atoms with Crippen molar-refractivity contribution >= 4 is 21.8 Å². The van der Waals surface area contributed by atoms with Crippen molar-refractivity contribution in [2.45, 2.75) is 18.9 Å². The van der Waals surface area contributed by atoms with Crippen molar-refractivity contribution in [1.29, 1.82) is 0 Å². The number of nitrogens with one attached hydrogen (secondary N) is 2. The number of aromatic nitrogens is 2. The lowest BCUT2D eigenvalue weighted by atomic mass is 10.1. The Balaban J connectivity index is 1.87. The fourth-order valence-electron chi connectivity index (χ4n) is 2.30. The third-order valence-corrected chi connectivity index (χ3v) is 5.02. The molecule has 1 aromatic heterocycles. The van der Waals surface area contributed by atoms with E-state index < -0.39 is 27.5 Å². The molecule has 0 saturated carbocycles. The molecule has 0 aliphatic heterocycles. The number of sulfonamides is 1. The topological polar surface area (TPSA) is 87.2 Å². The van der Waals surface area contributed by atoms with E-state index in [9.17, 15) is 21.6 Å². The first kappa shape index (κ1) is 21.9. The summed E-state index contributed by atoms with van der Waals surface area (Å²) >= 11 is 0. The highest BCUT2D eigenvalue weighted by Gasteiger charge is 2.30. The number of halogens is 3. The molecular weight excluding hydrogens is 395 g/mol. The molecule has 7 nitrogen and oxygen atoms in total. The number of rotatable bonds is 8. The van der Waals surface area contributed by atoms with E-state index in [4.69, 9.17) is 0 Å². The Labute approximate surface area is 162 Å². The molecule has 0 spiro atoms. The molecule has 0 unspecified atom stereocenters. The molecule has 2 rings (SSSR count). The molecular formula is C17H22F3N5O2S. The molecule has 0 fully saturated rings. The zero-order valence-electron chi connectivity index (χ0n) is 15.7. The van der Waals surface area contributed by atoms with Crippen molar-refractivity contribution in [2.24, 2.45) is 0 Å². The summed E-state index contributed by atoms with van der Waals surface area (Å²) in [5.74, 6) is 0.695. The maximum absolute atomic E-state index is 12.5. The molecule has 2 N–H and O–H groups in total. The third-order valence-electron chi connectivity index (χ3n) is 3.67. The summed E-state index contributed by atoms with van der Waals surface area (Å²) in [5, 5.41) is 2.94. The molecule has 0 bridgehead atoms. The van der Waals surface area contributed by atoms with Crippen LogP contribution in [0.3, 0.4) is 0 Å². The fourth-order valence-corrected chi connectivity index (χ4v) is 3.45. The monoisotopic (exact) mass is 417 g/mol. The summed E-state index contributed by atoms with van der Waals surface area (Å²) in [7, 11) is 0.00884. The molecule has 0 aliphatic carbocycles. The Kier molecular flexibility index (Phi) is 6.83. The number of benzene rings is 1. The predicted molar refractivity (Wildman–Crippen MR) is 102 cm³/mol. The van der Waals surface area contributed by atoms with Crippen molar-refractivity contribution in [3.05, 3.63) is 47.2 Å². The lowest BCUT2D eigenvalue weighted by Gasteiger charge is -2.14. The quantitative estimate of drug-likeness (QED) is 0.642. The van der Waals surface area contributed by atoms with Crippen molar-refractivity contribution in [1.82, 2.24) is 14.7 Å². The van der Waals surface area contributed by atoms with Gasteiger partial charge in [0.15, 0.2) is 0 Å². The number of aryl methyl sites for hydroxylation is 1. The molecule has 0 radical (unpaired) electrons. The molecule has 0 saturated heterocycles. The standard InChI is InChI=1S/C17H22F3N5O2S/c1-12-10-15(25(2)3)24-16(23-12)21-8-9-22-28(26,27)11-13-4-6-14(7-5-13)17(18,19)20/h4-7,10,22H,8-9,11H2,1-3H3,(H,21,23,24). The van der Waals surface area contributed by atoms with E-state index in [-0.39, 0.29) is 18.7 Å². The number of nitrogens with zero attached hydrogens (tertiary/aromatic N) is 3. The van der Waals surface area contributed by atoms with Gasteiger partial charge in [-0.3, -0.25) is 0 Å². The Morgan fingerprint density at radius 1 is 1.07 bits per heavy atom. The average Bonchev–Trinajstić information content (AvgIpc) is 2.57. The van der Waals surface area contributed by atoms with E-state index in [1.54, 1.807) is 0 Å². The average molecular weight is 417 g/mol. The summed E-state index contributed by atoms with van der Waals surface area (Å²) < 4.78 is 64.2. The summed E-state index contributed by atoms with van der Waals surface area (Å²) in [6, 6.07) is 5.86. The normalized spacial score (nSPS) is 12.1. The minimum absolute atomic E-state index is 0.0809. The smallest absolute Gasteiger partial charge is 0.363 e. The predicted octanol–water partition coefficient (Wildman–Crippen LogP) is 2.40. The summed E-state index contributed by atoms with van der Waals surface area (Å²) in [6.07, 6.45) is -4.45. The van der Waals surface area contributed by atoms with Crippen LogP contribution in [0.1, 0.15) is 16.8 Å². The molecule has 1 aromatic carbocycles. The second-order valence-electron chi connectivity index (χ2n) is 6.36. The van der Waals surface area contributed by atoms with Crippen molar-refractivity contribution in [2.75, 3.05) is 37.4 Å². The molecule has 0 amide bonds. The Bertz CT molecular complexity index is 900. The van der Waals surface area contributed by atoms with Crippen LogP contribution in [0.15, 0.2) is 30.3 Å². The van der Waals surface area contributed by atoms with Crippen molar-refractivity contribution < 1.29 is 21.6 Å². The van der Waals surface area contributed by atoms with Crippen LogP contribution in [0.2, 0.25) is 0 Å². The molecule has 0 aliphatic rings. The van der Waals surface area contributed by atoms with Crippen LogP contribution in [-0.4, -0.2) is 45.6 Å². The van der Waals surface area contributed by atoms with Crippen LogP contribution in [0.4, 0.5) is 24.9 Å². The Hall–Kier alpha value is -2.40. The van der Waals surface area contributed by atoms with E-state index in [1.807, 2.05) is 32.0 Å². The minimum Gasteiger partial charge on any atom is -0.363 e. The maximum Gasteiger partial charge on any atom is 0.416 e. The van der Waals surface area contributed by atoms with Gasteiger partial charge in [0.1, 0.15) is 5.82 Å². The van der Waals surface area contributed by atoms with Crippen LogP contribution >= 0.6 is 0 Å². The van der Waals surface area contributed by atoms with Gasteiger partial charge in [0.05, 0.1) is 11.3 Å². The molecule has 2 aromatic rings. The van der Waals surface area contributed by atoms with Crippen LogP contribution in [0.5, 0.6) is 0 Å². The van der Waals surface area contributed by atoms with Crippen LogP contribution in [0.25, 0.3) is 0 Å². The third kappa shape index (κ3) is 6.64. The van der Waals surface area contributed by atoms with E-state index >= 15 is 0 Å². The summed E-state index contributed by atoms with van der Waals surface area (Å²) in [6.45, 7) is 2.16. The zero-order valence-corrected chi connectivity index (χ0v) is 16.5. The van der Waals surface area contributed by atoms with E-state index in [2.05, 4.69) is 20.0 Å². The largest absolute Gasteiger partial charge is 0.416 e. The highest BCUT2D eigenvalue weighted by atomic mass is 32.2. The second kappa shape index (κ2) is 8.74. The molecule has 1 heterocycles. The highest BCUT2D eigenvalue weighted by Crippen LogP contribution is 2.29. The zero-order chi connectivity index (χ0) is 20.9. The molecule has 28 heavy (non-hydrogen) atoms. The summed E-state index contributed by atoms with van der Waals surface area (Å²) in [4.78, 5) is 10.4. The first-order chi connectivity index (χ1) is 13.0. The van der Waals surface area contributed by atoms with E-state index in [0.29, 0.717) is 5.95 Å². The van der Waals surface area contributed by atoms with Gasteiger partial charge in [0, 0.05) is 38.9 Å². The highest BCUT2D eigenvalue weighted by molar-refractivity contribution is 7.88. The van der Waals surface area contributed by atoms with Gasteiger partial charge in [-0.15, -0.1) is 0 Å².